The fraction of sp³-hybridized carbons (Fsp3) is 0.231. The second-order valence-corrected chi connectivity index (χ2v) is 7.48. The maximum atomic E-state index is 12.4. The van der Waals surface area contributed by atoms with E-state index in [9.17, 15) is 9.59 Å². The Morgan fingerprint density at radius 1 is 0.871 bits per heavy atom. The van der Waals surface area contributed by atoms with Crippen LogP contribution in [0.1, 0.15) is 34.8 Å². The Morgan fingerprint density at radius 3 is 2.26 bits per heavy atom. The van der Waals surface area contributed by atoms with Crippen molar-refractivity contribution in [2.75, 3.05) is 6.61 Å². The molecule has 0 aromatic heterocycles. The Labute approximate surface area is 183 Å². The molecule has 2 amide bonds. The van der Waals surface area contributed by atoms with Crippen LogP contribution < -0.4 is 15.4 Å². The lowest BCUT2D eigenvalue weighted by atomic mass is 10.1. The third kappa shape index (κ3) is 7.63. The van der Waals surface area contributed by atoms with Gasteiger partial charge in [-0.1, -0.05) is 66.7 Å². The summed E-state index contributed by atoms with van der Waals surface area (Å²) in [5.74, 6) is 0.118. The molecule has 0 radical (unpaired) electrons. The van der Waals surface area contributed by atoms with Gasteiger partial charge in [0.05, 0.1) is 0 Å². The summed E-state index contributed by atoms with van der Waals surface area (Å²) < 4.78 is 5.59. The zero-order chi connectivity index (χ0) is 21.9. The zero-order valence-corrected chi connectivity index (χ0v) is 17.7. The molecule has 0 aliphatic rings. The Kier molecular flexibility index (Phi) is 8.23. The highest BCUT2D eigenvalue weighted by Crippen LogP contribution is 2.13. The smallest absolute Gasteiger partial charge is 0.258 e. The standard InChI is InChI=1S/C26H28N2O3/c1-20(15-16-21-9-4-2-5-10-21)28-25(29)19-31-24-14-8-13-23(17-24)26(30)27-18-22-11-6-3-7-12-22/h2-14,17,20H,15-16,18-19H2,1H3,(H,27,30)(H,28,29)/t20-/m0/s1. The van der Waals surface area contributed by atoms with E-state index in [0.717, 1.165) is 18.4 Å². The molecule has 0 unspecified atom stereocenters. The van der Waals surface area contributed by atoms with Crippen LogP contribution >= 0.6 is 0 Å². The van der Waals surface area contributed by atoms with Gasteiger partial charge in [0, 0.05) is 18.2 Å². The number of ether oxygens (including phenoxy) is 1. The van der Waals surface area contributed by atoms with Crippen LogP contribution in [-0.4, -0.2) is 24.5 Å². The molecule has 0 heterocycles. The minimum Gasteiger partial charge on any atom is -0.484 e. The maximum Gasteiger partial charge on any atom is 0.258 e. The summed E-state index contributed by atoms with van der Waals surface area (Å²) in [7, 11) is 0. The lowest BCUT2D eigenvalue weighted by molar-refractivity contribution is -0.123. The summed E-state index contributed by atoms with van der Waals surface area (Å²) in [4.78, 5) is 24.6. The molecule has 3 aromatic rings. The van der Waals surface area contributed by atoms with Crippen molar-refractivity contribution in [3.8, 4) is 5.75 Å². The fourth-order valence-corrected chi connectivity index (χ4v) is 3.17. The van der Waals surface area contributed by atoms with E-state index < -0.39 is 0 Å². The molecule has 0 saturated heterocycles. The van der Waals surface area contributed by atoms with Crippen molar-refractivity contribution in [1.82, 2.24) is 10.6 Å². The van der Waals surface area contributed by atoms with Gasteiger partial charge in [-0.25, -0.2) is 0 Å². The molecular formula is C26H28N2O3. The van der Waals surface area contributed by atoms with Gasteiger partial charge in [-0.05, 0) is 49.1 Å². The van der Waals surface area contributed by atoms with E-state index in [1.165, 1.54) is 5.56 Å². The summed E-state index contributed by atoms with van der Waals surface area (Å²) in [5.41, 5.74) is 2.77. The second kappa shape index (κ2) is 11.6. The van der Waals surface area contributed by atoms with E-state index in [0.29, 0.717) is 17.9 Å². The first kappa shape index (κ1) is 22.1. The Hall–Kier alpha value is -3.60. The highest BCUT2D eigenvalue weighted by molar-refractivity contribution is 5.94. The zero-order valence-electron chi connectivity index (χ0n) is 17.7. The van der Waals surface area contributed by atoms with E-state index in [-0.39, 0.29) is 24.5 Å². The van der Waals surface area contributed by atoms with Crippen LogP contribution in [0.3, 0.4) is 0 Å². The molecule has 5 heteroatoms. The quantitative estimate of drug-likeness (QED) is 0.522. The van der Waals surface area contributed by atoms with Gasteiger partial charge >= 0.3 is 0 Å². The van der Waals surface area contributed by atoms with Gasteiger partial charge in [0.25, 0.3) is 11.8 Å². The number of rotatable bonds is 10. The van der Waals surface area contributed by atoms with Crippen LogP contribution in [0.2, 0.25) is 0 Å². The molecule has 160 valence electrons. The molecule has 5 nitrogen and oxygen atoms in total. The summed E-state index contributed by atoms with van der Waals surface area (Å²) in [6.07, 6.45) is 1.76. The van der Waals surface area contributed by atoms with Gasteiger partial charge in [-0.2, -0.15) is 0 Å². The average Bonchev–Trinajstić information content (AvgIpc) is 2.81. The first-order valence-corrected chi connectivity index (χ1v) is 10.5. The largest absolute Gasteiger partial charge is 0.484 e. The predicted molar refractivity (Wildman–Crippen MR) is 122 cm³/mol. The first-order chi connectivity index (χ1) is 15.1. The van der Waals surface area contributed by atoms with Crippen LogP contribution in [0, 0.1) is 0 Å². The summed E-state index contributed by atoms with van der Waals surface area (Å²) in [5, 5.41) is 5.84. The Morgan fingerprint density at radius 2 is 1.55 bits per heavy atom. The molecule has 0 aliphatic heterocycles. The topological polar surface area (TPSA) is 67.4 Å². The van der Waals surface area contributed by atoms with Crippen LogP contribution in [0.4, 0.5) is 0 Å². The van der Waals surface area contributed by atoms with Gasteiger partial charge < -0.3 is 15.4 Å². The molecule has 0 aliphatic carbocycles. The van der Waals surface area contributed by atoms with E-state index >= 15 is 0 Å². The minimum atomic E-state index is -0.187. The molecule has 0 fully saturated rings. The molecule has 31 heavy (non-hydrogen) atoms. The number of amides is 2. The number of nitrogens with one attached hydrogen (secondary N) is 2. The third-order valence-electron chi connectivity index (χ3n) is 4.88. The minimum absolute atomic E-state index is 0.0476. The molecule has 0 bridgehead atoms. The Balaban J connectivity index is 1.42. The van der Waals surface area contributed by atoms with E-state index in [4.69, 9.17) is 4.74 Å². The molecule has 2 N–H and O–H groups in total. The molecule has 0 saturated carbocycles. The first-order valence-electron chi connectivity index (χ1n) is 10.5. The van der Waals surface area contributed by atoms with Crippen molar-refractivity contribution in [2.24, 2.45) is 0 Å². The number of carbonyl (C=O) groups excluding carboxylic acids is 2. The number of benzene rings is 3. The van der Waals surface area contributed by atoms with Crippen LogP contribution in [0.5, 0.6) is 5.75 Å². The van der Waals surface area contributed by atoms with Crippen molar-refractivity contribution in [3.05, 3.63) is 102 Å². The molecule has 1 atom stereocenters. The monoisotopic (exact) mass is 416 g/mol. The van der Waals surface area contributed by atoms with Gasteiger partial charge in [0.2, 0.25) is 0 Å². The van der Waals surface area contributed by atoms with E-state index in [1.807, 2.05) is 55.5 Å². The molecule has 3 aromatic carbocycles. The van der Waals surface area contributed by atoms with Crippen molar-refractivity contribution >= 4 is 11.8 Å². The van der Waals surface area contributed by atoms with Crippen molar-refractivity contribution in [1.29, 1.82) is 0 Å². The van der Waals surface area contributed by atoms with Gasteiger partial charge in [0.1, 0.15) is 5.75 Å². The van der Waals surface area contributed by atoms with Crippen LogP contribution in [-0.2, 0) is 17.8 Å². The normalized spacial score (nSPS) is 11.4. The van der Waals surface area contributed by atoms with Crippen molar-refractivity contribution in [3.63, 3.8) is 0 Å². The number of hydrogen-bond acceptors (Lipinski definition) is 3. The van der Waals surface area contributed by atoms with Crippen molar-refractivity contribution < 1.29 is 14.3 Å². The lowest BCUT2D eigenvalue weighted by Crippen LogP contribution is -2.36. The lowest BCUT2D eigenvalue weighted by Gasteiger charge is -2.14. The summed E-state index contributed by atoms with van der Waals surface area (Å²) >= 11 is 0. The maximum absolute atomic E-state index is 12.4. The molecule has 3 rings (SSSR count). The fourth-order valence-electron chi connectivity index (χ4n) is 3.17. The number of hydrogen-bond donors (Lipinski definition) is 2. The van der Waals surface area contributed by atoms with Gasteiger partial charge in [0.15, 0.2) is 6.61 Å². The highest BCUT2D eigenvalue weighted by atomic mass is 16.5. The van der Waals surface area contributed by atoms with Crippen molar-refractivity contribution in [2.45, 2.75) is 32.4 Å². The molecule has 0 spiro atoms. The third-order valence-corrected chi connectivity index (χ3v) is 4.88. The average molecular weight is 417 g/mol. The number of aryl methyl sites for hydroxylation is 1. The van der Waals surface area contributed by atoms with E-state index in [2.05, 4.69) is 22.8 Å². The second-order valence-electron chi connectivity index (χ2n) is 7.48. The van der Waals surface area contributed by atoms with Gasteiger partial charge in [-0.15, -0.1) is 0 Å². The summed E-state index contributed by atoms with van der Waals surface area (Å²) in [6, 6.07) is 26.8. The Bertz CT molecular complexity index is 974. The predicted octanol–water partition coefficient (Wildman–Crippen LogP) is 4.13. The van der Waals surface area contributed by atoms with Gasteiger partial charge in [-0.3, -0.25) is 9.59 Å². The SMILES string of the molecule is C[C@@H](CCc1ccccc1)NC(=O)COc1cccc(C(=O)NCc2ccccc2)c1. The van der Waals surface area contributed by atoms with Crippen LogP contribution in [0.15, 0.2) is 84.9 Å². The highest BCUT2D eigenvalue weighted by Gasteiger charge is 2.10. The number of carbonyl (C=O) groups is 2. The molecular weight excluding hydrogens is 388 g/mol. The summed E-state index contributed by atoms with van der Waals surface area (Å²) in [6.45, 7) is 2.34. The van der Waals surface area contributed by atoms with Crippen LogP contribution in [0.25, 0.3) is 0 Å². The van der Waals surface area contributed by atoms with E-state index in [1.54, 1.807) is 24.3 Å².